The zero-order valence-corrected chi connectivity index (χ0v) is 10.2. The van der Waals surface area contributed by atoms with Crippen LogP contribution in [0.4, 0.5) is 5.69 Å². The first-order valence-corrected chi connectivity index (χ1v) is 5.41. The van der Waals surface area contributed by atoms with Crippen LogP contribution in [0, 0.1) is 0 Å². The average Bonchev–Trinajstić information content (AvgIpc) is 2.18. The summed E-state index contributed by atoms with van der Waals surface area (Å²) >= 11 is 3.24. The van der Waals surface area contributed by atoms with Crippen molar-refractivity contribution in [2.24, 2.45) is 0 Å². The Morgan fingerprint density at radius 1 is 1.67 bits per heavy atom. The molecule has 0 fully saturated rings. The molecule has 82 valence electrons. The van der Waals surface area contributed by atoms with Gasteiger partial charge in [-0.1, -0.05) is 0 Å². The highest BCUT2D eigenvalue weighted by molar-refractivity contribution is 9.10. The zero-order valence-electron chi connectivity index (χ0n) is 8.66. The Balaban J connectivity index is 2.48. The monoisotopic (exact) mass is 272 g/mol. The number of halogens is 1. The fourth-order valence-electron chi connectivity index (χ4n) is 0.908. The summed E-state index contributed by atoms with van der Waals surface area (Å²) in [5, 5.41) is 2.69. The third-order valence-corrected chi connectivity index (χ3v) is 2.21. The molecule has 0 aliphatic rings. The molecule has 1 aromatic heterocycles. The lowest BCUT2D eigenvalue weighted by Gasteiger charge is -2.08. The lowest BCUT2D eigenvalue weighted by Crippen LogP contribution is -2.20. The molecule has 0 saturated heterocycles. The summed E-state index contributed by atoms with van der Waals surface area (Å²) < 4.78 is 5.78. The van der Waals surface area contributed by atoms with Crippen LogP contribution in [0.25, 0.3) is 0 Å². The van der Waals surface area contributed by atoms with Crippen LogP contribution in [0.5, 0.6) is 0 Å². The Morgan fingerprint density at radius 3 is 3.00 bits per heavy atom. The van der Waals surface area contributed by atoms with Gasteiger partial charge in [0.15, 0.2) is 0 Å². The van der Waals surface area contributed by atoms with E-state index in [2.05, 4.69) is 26.2 Å². The molecular formula is C10H13BrN2O2. The van der Waals surface area contributed by atoms with E-state index in [0.29, 0.717) is 10.3 Å². The summed E-state index contributed by atoms with van der Waals surface area (Å²) in [6.07, 6.45) is 1.69. The van der Waals surface area contributed by atoms with Crippen molar-refractivity contribution in [2.75, 3.05) is 11.9 Å². The summed E-state index contributed by atoms with van der Waals surface area (Å²) in [5.41, 5.74) is 0.648. The Labute approximate surface area is 97.2 Å². The van der Waals surface area contributed by atoms with Crippen molar-refractivity contribution in [1.29, 1.82) is 0 Å². The van der Waals surface area contributed by atoms with Gasteiger partial charge in [-0.05, 0) is 41.9 Å². The first-order chi connectivity index (χ1) is 7.09. The van der Waals surface area contributed by atoms with E-state index in [0.717, 1.165) is 0 Å². The maximum absolute atomic E-state index is 11.4. The number of rotatable bonds is 4. The Hall–Kier alpha value is -0.940. The second-order valence-electron chi connectivity index (χ2n) is 3.25. The summed E-state index contributed by atoms with van der Waals surface area (Å²) in [6.45, 7) is 3.82. The highest BCUT2D eigenvalue weighted by Gasteiger charge is 2.06. The molecule has 0 unspecified atom stereocenters. The molecule has 1 amide bonds. The Morgan fingerprint density at radius 2 is 2.40 bits per heavy atom. The molecule has 0 saturated carbocycles. The standard InChI is InChI=1S/C10H13BrN2O2/c1-7(2)15-6-9(14)13-8-4-3-5-12-10(8)11/h3-5,7H,6H2,1-2H3,(H,13,14). The number of carbonyl (C=O) groups excluding carboxylic acids is 1. The first kappa shape index (κ1) is 12.1. The summed E-state index contributed by atoms with van der Waals surface area (Å²) in [7, 11) is 0. The average molecular weight is 273 g/mol. The predicted octanol–water partition coefficient (Wildman–Crippen LogP) is 2.21. The number of nitrogens with zero attached hydrogens (tertiary/aromatic N) is 1. The van der Waals surface area contributed by atoms with Gasteiger partial charge in [0.2, 0.25) is 5.91 Å². The number of pyridine rings is 1. The summed E-state index contributed by atoms with van der Waals surface area (Å²) in [6, 6.07) is 3.52. The van der Waals surface area contributed by atoms with E-state index in [9.17, 15) is 4.79 Å². The molecule has 15 heavy (non-hydrogen) atoms. The molecule has 0 aromatic carbocycles. The third kappa shape index (κ3) is 4.40. The molecule has 0 atom stereocenters. The lowest BCUT2D eigenvalue weighted by atomic mass is 10.4. The van der Waals surface area contributed by atoms with Gasteiger partial charge in [0.1, 0.15) is 11.2 Å². The van der Waals surface area contributed by atoms with Crippen molar-refractivity contribution in [3.8, 4) is 0 Å². The van der Waals surface area contributed by atoms with E-state index >= 15 is 0 Å². The predicted molar refractivity (Wildman–Crippen MR) is 61.7 cm³/mol. The third-order valence-electron chi connectivity index (χ3n) is 1.58. The van der Waals surface area contributed by atoms with Crippen LogP contribution in [0.15, 0.2) is 22.9 Å². The highest BCUT2D eigenvalue weighted by atomic mass is 79.9. The molecule has 4 nitrogen and oxygen atoms in total. The van der Waals surface area contributed by atoms with Crippen LogP contribution in [0.2, 0.25) is 0 Å². The number of amides is 1. The molecule has 0 radical (unpaired) electrons. The van der Waals surface area contributed by atoms with E-state index in [1.807, 2.05) is 13.8 Å². The first-order valence-electron chi connectivity index (χ1n) is 4.61. The molecule has 1 N–H and O–H groups in total. The van der Waals surface area contributed by atoms with Crippen LogP contribution < -0.4 is 5.32 Å². The van der Waals surface area contributed by atoms with E-state index in [4.69, 9.17) is 4.74 Å². The molecule has 1 aromatic rings. The van der Waals surface area contributed by atoms with Gasteiger partial charge in [-0.2, -0.15) is 0 Å². The van der Waals surface area contributed by atoms with Gasteiger partial charge >= 0.3 is 0 Å². The van der Waals surface area contributed by atoms with Crippen LogP contribution in [-0.4, -0.2) is 23.6 Å². The lowest BCUT2D eigenvalue weighted by molar-refractivity contribution is -0.121. The number of ether oxygens (including phenoxy) is 1. The molecular weight excluding hydrogens is 260 g/mol. The van der Waals surface area contributed by atoms with Gasteiger partial charge in [0.25, 0.3) is 0 Å². The maximum atomic E-state index is 11.4. The Kier molecular flexibility index (Phi) is 4.71. The van der Waals surface area contributed by atoms with Gasteiger partial charge in [-0.25, -0.2) is 4.98 Å². The van der Waals surface area contributed by atoms with Crippen molar-refractivity contribution in [1.82, 2.24) is 4.98 Å². The number of hydrogen-bond acceptors (Lipinski definition) is 3. The second kappa shape index (κ2) is 5.82. The fourth-order valence-corrected chi connectivity index (χ4v) is 1.26. The molecule has 5 heteroatoms. The van der Waals surface area contributed by atoms with Crippen LogP contribution in [0.1, 0.15) is 13.8 Å². The topological polar surface area (TPSA) is 51.2 Å². The van der Waals surface area contributed by atoms with Crippen molar-refractivity contribution in [3.05, 3.63) is 22.9 Å². The molecule has 0 bridgehead atoms. The largest absolute Gasteiger partial charge is 0.369 e. The minimum absolute atomic E-state index is 0.0492. The van der Waals surface area contributed by atoms with E-state index < -0.39 is 0 Å². The molecule has 0 aliphatic carbocycles. The van der Waals surface area contributed by atoms with Crippen LogP contribution in [0.3, 0.4) is 0 Å². The van der Waals surface area contributed by atoms with Crippen molar-refractivity contribution < 1.29 is 9.53 Å². The zero-order chi connectivity index (χ0) is 11.3. The quantitative estimate of drug-likeness (QED) is 0.856. The maximum Gasteiger partial charge on any atom is 0.250 e. The van der Waals surface area contributed by atoms with Gasteiger partial charge < -0.3 is 10.1 Å². The van der Waals surface area contributed by atoms with Crippen molar-refractivity contribution >= 4 is 27.5 Å². The minimum Gasteiger partial charge on any atom is -0.369 e. The van der Waals surface area contributed by atoms with Gasteiger partial charge in [0.05, 0.1) is 11.8 Å². The molecule has 0 spiro atoms. The smallest absolute Gasteiger partial charge is 0.250 e. The van der Waals surface area contributed by atoms with E-state index in [-0.39, 0.29) is 18.6 Å². The van der Waals surface area contributed by atoms with Gasteiger partial charge in [-0.15, -0.1) is 0 Å². The summed E-state index contributed by atoms with van der Waals surface area (Å²) in [4.78, 5) is 15.4. The number of aromatic nitrogens is 1. The molecule has 1 heterocycles. The SMILES string of the molecule is CC(C)OCC(=O)Nc1cccnc1Br. The summed E-state index contributed by atoms with van der Waals surface area (Å²) in [5.74, 6) is -0.183. The van der Waals surface area contributed by atoms with E-state index in [1.54, 1.807) is 18.3 Å². The van der Waals surface area contributed by atoms with Gasteiger partial charge in [0, 0.05) is 6.20 Å². The normalized spacial score (nSPS) is 10.4. The molecule has 0 aliphatic heterocycles. The second-order valence-corrected chi connectivity index (χ2v) is 4.00. The van der Waals surface area contributed by atoms with E-state index in [1.165, 1.54) is 0 Å². The Bertz CT molecular complexity index is 342. The minimum atomic E-state index is -0.183. The number of hydrogen-bond donors (Lipinski definition) is 1. The fraction of sp³-hybridized carbons (Fsp3) is 0.400. The van der Waals surface area contributed by atoms with Crippen molar-refractivity contribution in [2.45, 2.75) is 20.0 Å². The molecule has 1 rings (SSSR count). The number of carbonyl (C=O) groups is 1. The van der Waals surface area contributed by atoms with Gasteiger partial charge in [-0.3, -0.25) is 4.79 Å². The number of nitrogens with one attached hydrogen (secondary N) is 1. The van der Waals surface area contributed by atoms with Crippen LogP contribution >= 0.6 is 15.9 Å². The van der Waals surface area contributed by atoms with Crippen LogP contribution in [-0.2, 0) is 9.53 Å². The van der Waals surface area contributed by atoms with Crippen molar-refractivity contribution in [3.63, 3.8) is 0 Å². The number of anilines is 1. The highest BCUT2D eigenvalue weighted by Crippen LogP contribution is 2.17.